The number of rotatable bonds is 4. The van der Waals surface area contributed by atoms with Crippen molar-refractivity contribution < 1.29 is 36.1 Å². The molecule has 0 bridgehead atoms. The molecule has 21 heavy (non-hydrogen) atoms. The van der Waals surface area contributed by atoms with E-state index < -0.39 is 11.9 Å². The summed E-state index contributed by atoms with van der Waals surface area (Å²) < 4.78 is 9.62. The Balaban J connectivity index is 0.000000562. The average Bonchev–Trinajstić information content (AvgIpc) is 3.13. The van der Waals surface area contributed by atoms with Crippen LogP contribution < -0.4 is 0 Å². The second-order valence-electron chi connectivity index (χ2n) is 3.76. The zero-order chi connectivity index (χ0) is 14.8. The fourth-order valence-corrected chi connectivity index (χ4v) is 1.51. The minimum absolute atomic E-state index is 0. The molecule has 5 heteroatoms. The fraction of sp³-hybridized carbons (Fsp3) is 0.250. The van der Waals surface area contributed by atoms with Crippen molar-refractivity contribution in [1.29, 1.82) is 0 Å². The first-order valence-electron chi connectivity index (χ1n) is 6.47. The van der Waals surface area contributed by atoms with Crippen molar-refractivity contribution in [3.8, 4) is 0 Å². The molecule has 0 spiro atoms. The summed E-state index contributed by atoms with van der Waals surface area (Å²) in [5.74, 6) is -0.471. The minimum Gasteiger partial charge on any atom is -0.465 e. The number of carbonyl (C=O) groups excluding carboxylic acids is 2. The normalized spacial score (nSPS) is 18.4. The molecule has 0 amide bonds. The third kappa shape index (κ3) is 7.32. The van der Waals surface area contributed by atoms with Crippen LogP contribution in [0.3, 0.4) is 0 Å². The summed E-state index contributed by atoms with van der Waals surface area (Å²) in [5.41, 5.74) is 0. The van der Waals surface area contributed by atoms with Gasteiger partial charge in [-0.15, -0.1) is 0 Å². The minimum atomic E-state index is -0.495. The molecule has 2 aliphatic carbocycles. The Bertz CT molecular complexity index is 271. The average molecular weight is 330 g/mol. The van der Waals surface area contributed by atoms with Crippen molar-refractivity contribution in [2.45, 2.75) is 13.8 Å². The van der Waals surface area contributed by atoms with E-state index in [4.69, 9.17) is 9.47 Å². The maximum atomic E-state index is 11.4. The van der Waals surface area contributed by atoms with Gasteiger partial charge in [0.2, 0.25) is 0 Å². The van der Waals surface area contributed by atoms with Crippen LogP contribution in [0.25, 0.3) is 0 Å². The molecule has 0 atom stereocenters. The summed E-state index contributed by atoms with van der Waals surface area (Å²) in [7, 11) is 0. The van der Waals surface area contributed by atoms with Crippen LogP contribution in [-0.2, 0) is 36.1 Å². The van der Waals surface area contributed by atoms with Crippen LogP contribution in [0.5, 0.6) is 0 Å². The Hall–Kier alpha value is -0.541. The molecule has 0 aromatic rings. The van der Waals surface area contributed by atoms with Gasteiger partial charge in [0.1, 0.15) is 11.8 Å². The zero-order valence-electron chi connectivity index (χ0n) is 12.0. The second kappa shape index (κ2) is 12.0. The maximum Gasteiger partial charge on any atom is 0.314 e. The van der Waals surface area contributed by atoms with Gasteiger partial charge in [-0.1, -0.05) is 0 Å². The van der Waals surface area contributed by atoms with Crippen LogP contribution in [0, 0.1) is 63.2 Å². The predicted molar refractivity (Wildman–Crippen MR) is 74.2 cm³/mol. The molecule has 0 aliphatic heterocycles. The molecule has 0 aromatic heterocycles. The summed E-state index contributed by atoms with van der Waals surface area (Å²) in [6.07, 6.45) is 14.7. The summed E-state index contributed by atoms with van der Waals surface area (Å²) in [6.45, 7) is 3.99. The molecular weight excluding hydrogens is 312 g/mol. The van der Waals surface area contributed by atoms with Crippen molar-refractivity contribution >= 4 is 11.9 Å². The van der Waals surface area contributed by atoms with E-state index in [0.29, 0.717) is 0 Å². The van der Waals surface area contributed by atoms with E-state index in [1.54, 1.807) is 33.1 Å². The standard InChI is InChI=1S/C11H13O4.C5H5.Fe/c1-3-14-10(12)8-6-5-7-9(8)11(13)15-4-2;1-2-4-5-3-1;/h5-7H,3-4H2,1-2H3;1-5H;. The second-order valence-corrected chi connectivity index (χ2v) is 3.76. The number of esters is 2. The van der Waals surface area contributed by atoms with Crippen LogP contribution in [0.15, 0.2) is 0 Å². The van der Waals surface area contributed by atoms with E-state index in [0.717, 1.165) is 0 Å². The van der Waals surface area contributed by atoms with E-state index in [9.17, 15) is 9.59 Å². The largest absolute Gasteiger partial charge is 0.465 e. The fourth-order valence-electron chi connectivity index (χ4n) is 1.51. The van der Waals surface area contributed by atoms with E-state index >= 15 is 0 Å². The summed E-state index contributed by atoms with van der Waals surface area (Å²) in [5, 5.41) is 0. The molecule has 114 valence electrons. The van der Waals surface area contributed by atoms with Gasteiger partial charge in [-0.3, -0.25) is 9.59 Å². The van der Waals surface area contributed by atoms with Crippen molar-refractivity contribution in [2.75, 3.05) is 13.2 Å². The SMILES string of the molecule is CCOC(=O)[C]1[CH][CH][CH][C]1C(=O)OCC.[CH]1[CH][CH][CH][CH]1.[Fe]. The van der Waals surface area contributed by atoms with Gasteiger partial charge < -0.3 is 9.47 Å². The number of hydrogen-bond donors (Lipinski definition) is 0. The Labute approximate surface area is 138 Å². The van der Waals surface area contributed by atoms with Gasteiger partial charge in [-0.05, 0) is 65.2 Å². The van der Waals surface area contributed by atoms with Gasteiger partial charge in [-0.25, -0.2) is 0 Å². The Morgan fingerprint density at radius 2 is 1.10 bits per heavy atom. The summed E-state index contributed by atoms with van der Waals surface area (Å²) >= 11 is 0. The zero-order valence-corrected chi connectivity index (χ0v) is 13.1. The molecule has 0 heterocycles. The molecular formula is C16H18FeO4. The molecule has 2 fully saturated rings. The van der Waals surface area contributed by atoms with Crippen molar-refractivity contribution in [1.82, 2.24) is 0 Å². The van der Waals surface area contributed by atoms with Gasteiger partial charge in [-0.2, -0.15) is 0 Å². The summed E-state index contributed by atoms with van der Waals surface area (Å²) in [4.78, 5) is 22.8. The number of carbonyl (C=O) groups is 2. The molecule has 4 nitrogen and oxygen atoms in total. The van der Waals surface area contributed by atoms with E-state index in [-0.39, 0.29) is 42.1 Å². The molecule has 2 rings (SSSR count). The third-order valence-corrected chi connectivity index (χ3v) is 2.36. The van der Waals surface area contributed by atoms with Crippen LogP contribution in [0.1, 0.15) is 13.8 Å². The molecule has 0 aromatic carbocycles. The van der Waals surface area contributed by atoms with Crippen LogP contribution in [0.4, 0.5) is 0 Å². The molecule has 2 aliphatic rings. The molecule has 0 unspecified atom stereocenters. The molecule has 2 saturated carbocycles. The van der Waals surface area contributed by atoms with Gasteiger partial charge >= 0.3 is 11.9 Å². The summed E-state index contributed by atoms with van der Waals surface area (Å²) in [6, 6.07) is 0. The first-order valence-corrected chi connectivity index (χ1v) is 6.47. The smallest absolute Gasteiger partial charge is 0.314 e. The van der Waals surface area contributed by atoms with Gasteiger partial charge in [0.25, 0.3) is 0 Å². The Morgan fingerprint density at radius 1 is 0.762 bits per heavy atom. The van der Waals surface area contributed by atoms with Crippen LogP contribution in [-0.4, -0.2) is 25.2 Å². The van der Waals surface area contributed by atoms with Crippen LogP contribution >= 0.6 is 0 Å². The molecule has 0 saturated heterocycles. The van der Waals surface area contributed by atoms with Gasteiger partial charge in [0, 0.05) is 17.1 Å². The first-order chi connectivity index (χ1) is 9.70. The van der Waals surface area contributed by atoms with E-state index in [1.807, 2.05) is 32.1 Å². The first kappa shape index (κ1) is 20.5. The van der Waals surface area contributed by atoms with Crippen molar-refractivity contribution in [3.05, 3.63) is 63.2 Å². The molecule has 10 radical (unpaired) electrons. The molecule has 0 N–H and O–H groups in total. The van der Waals surface area contributed by atoms with Crippen LogP contribution in [0.2, 0.25) is 0 Å². The van der Waals surface area contributed by atoms with Crippen molar-refractivity contribution in [3.63, 3.8) is 0 Å². The maximum absolute atomic E-state index is 11.4. The van der Waals surface area contributed by atoms with Crippen molar-refractivity contribution in [2.24, 2.45) is 0 Å². The van der Waals surface area contributed by atoms with Gasteiger partial charge in [0.05, 0.1) is 13.2 Å². The quantitative estimate of drug-likeness (QED) is 0.584. The number of ether oxygens (including phenoxy) is 2. The van der Waals surface area contributed by atoms with Gasteiger partial charge in [0.15, 0.2) is 0 Å². The Kier molecular flexibility index (Phi) is 11.7. The number of hydrogen-bond acceptors (Lipinski definition) is 4. The predicted octanol–water partition coefficient (Wildman–Crippen LogP) is 1.91. The Morgan fingerprint density at radius 3 is 1.38 bits per heavy atom. The third-order valence-electron chi connectivity index (χ3n) is 2.36. The monoisotopic (exact) mass is 330 g/mol. The topological polar surface area (TPSA) is 52.6 Å². The van der Waals surface area contributed by atoms with E-state index in [2.05, 4.69) is 0 Å². The van der Waals surface area contributed by atoms with E-state index in [1.165, 1.54) is 0 Å².